The van der Waals surface area contributed by atoms with Gasteiger partial charge >= 0.3 is 0 Å². The number of hydrogen-bond donors (Lipinski definition) is 0. The van der Waals surface area contributed by atoms with Gasteiger partial charge in [-0.05, 0) is 22.0 Å². The van der Waals surface area contributed by atoms with Gasteiger partial charge in [0.15, 0.2) is 6.29 Å². The lowest BCUT2D eigenvalue weighted by molar-refractivity contribution is -0.0443. The number of halogens is 1. The molecule has 0 N–H and O–H groups in total. The van der Waals surface area contributed by atoms with Gasteiger partial charge in [0, 0.05) is 22.4 Å². The summed E-state index contributed by atoms with van der Waals surface area (Å²) in [6.45, 7) is 1.33. The maximum absolute atomic E-state index is 5.31. The first-order chi connectivity index (χ1) is 5.86. The van der Waals surface area contributed by atoms with E-state index in [4.69, 9.17) is 9.47 Å². The van der Waals surface area contributed by atoms with Crippen LogP contribution in [0, 0.1) is 0 Å². The van der Waals surface area contributed by atoms with Gasteiger partial charge < -0.3 is 9.47 Å². The first kappa shape index (κ1) is 8.16. The summed E-state index contributed by atoms with van der Waals surface area (Å²) in [5, 5.41) is 0. The van der Waals surface area contributed by atoms with Crippen LogP contribution in [0.25, 0.3) is 0 Å². The van der Waals surface area contributed by atoms with Gasteiger partial charge in [-0.3, -0.25) is 4.98 Å². The zero-order valence-corrected chi connectivity index (χ0v) is 7.95. The molecule has 4 heteroatoms. The third kappa shape index (κ3) is 1.65. The highest BCUT2D eigenvalue weighted by Crippen LogP contribution is 2.24. The number of pyridine rings is 1. The number of hydrogen-bond acceptors (Lipinski definition) is 3. The lowest BCUT2D eigenvalue weighted by Gasteiger charge is -2.07. The molecule has 0 bridgehead atoms. The van der Waals surface area contributed by atoms with Crippen molar-refractivity contribution >= 4 is 15.9 Å². The summed E-state index contributed by atoms with van der Waals surface area (Å²) in [5.74, 6) is 0. The Labute approximate surface area is 78.8 Å². The van der Waals surface area contributed by atoms with Crippen molar-refractivity contribution in [3.63, 3.8) is 0 Å². The fraction of sp³-hybridized carbons (Fsp3) is 0.375. The molecule has 0 radical (unpaired) electrons. The van der Waals surface area contributed by atoms with E-state index in [1.54, 1.807) is 12.4 Å². The summed E-state index contributed by atoms with van der Waals surface area (Å²) in [7, 11) is 0. The highest BCUT2D eigenvalue weighted by atomic mass is 79.9. The second-order valence-corrected chi connectivity index (χ2v) is 3.43. The summed E-state index contributed by atoms with van der Waals surface area (Å²) in [6.07, 6.45) is 3.26. The molecule has 0 amide bonds. The number of aromatic nitrogens is 1. The van der Waals surface area contributed by atoms with Crippen LogP contribution in [0.4, 0.5) is 0 Å². The van der Waals surface area contributed by atoms with E-state index in [-0.39, 0.29) is 6.29 Å². The minimum absolute atomic E-state index is 0.227. The van der Waals surface area contributed by atoms with E-state index in [0.29, 0.717) is 13.2 Å². The zero-order chi connectivity index (χ0) is 8.39. The minimum atomic E-state index is -0.227. The molecule has 1 aromatic heterocycles. The molecular formula is C8H8BrNO2. The van der Waals surface area contributed by atoms with E-state index in [9.17, 15) is 0 Å². The van der Waals surface area contributed by atoms with E-state index < -0.39 is 0 Å². The Morgan fingerprint density at radius 2 is 2.08 bits per heavy atom. The van der Waals surface area contributed by atoms with Crippen LogP contribution in [-0.2, 0) is 9.47 Å². The molecule has 3 nitrogen and oxygen atoms in total. The monoisotopic (exact) mass is 229 g/mol. The quantitative estimate of drug-likeness (QED) is 0.738. The van der Waals surface area contributed by atoms with Crippen LogP contribution in [0.1, 0.15) is 11.9 Å². The lowest BCUT2D eigenvalue weighted by atomic mass is 10.3. The highest BCUT2D eigenvalue weighted by molar-refractivity contribution is 9.10. The van der Waals surface area contributed by atoms with E-state index >= 15 is 0 Å². The van der Waals surface area contributed by atoms with E-state index in [2.05, 4.69) is 20.9 Å². The maximum atomic E-state index is 5.31. The first-order valence-electron chi connectivity index (χ1n) is 3.70. The molecule has 1 saturated heterocycles. The number of rotatable bonds is 1. The van der Waals surface area contributed by atoms with Gasteiger partial charge in [-0.15, -0.1) is 0 Å². The van der Waals surface area contributed by atoms with Crippen LogP contribution in [0.15, 0.2) is 22.9 Å². The molecule has 0 unspecified atom stereocenters. The summed E-state index contributed by atoms with van der Waals surface area (Å²) in [6, 6.07) is 1.95. The Bertz CT molecular complexity index is 274. The standard InChI is InChI=1S/C8H8BrNO2/c9-7-3-6(4-10-5-7)8-11-1-2-12-8/h3-5,8H,1-2H2. The summed E-state index contributed by atoms with van der Waals surface area (Å²) in [4.78, 5) is 4.02. The molecule has 0 aromatic carbocycles. The molecule has 0 aliphatic carbocycles. The molecule has 1 aliphatic heterocycles. The molecule has 0 spiro atoms. The van der Waals surface area contributed by atoms with Gasteiger partial charge in [0.1, 0.15) is 0 Å². The summed E-state index contributed by atoms with van der Waals surface area (Å²) >= 11 is 3.34. The van der Waals surface area contributed by atoms with Gasteiger partial charge in [-0.1, -0.05) is 0 Å². The number of ether oxygens (including phenoxy) is 2. The fourth-order valence-electron chi connectivity index (χ4n) is 1.11. The van der Waals surface area contributed by atoms with E-state index in [0.717, 1.165) is 10.0 Å². The Hall–Kier alpha value is -0.450. The average Bonchev–Trinajstić information content (AvgIpc) is 2.56. The normalized spacial score (nSPS) is 18.4. The van der Waals surface area contributed by atoms with Crippen molar-refractivity contribution in [2.45, 2.75) is 6.29 Å². The van der Waals surface area contributed by atoms with Crippen molar-refractivity contribution in [2.24, 2.45) is 0 Å². The maximum Gasteiger partial charge on any atom is 0.185 e. The third-order valence-corrected chi connectivity index (χ3v) is 2.05. The van der Waals surface area contributed by atoms with Gasteiger partial charge in [-0.2, -0.15) is 0 Å². The molecule has 1 aliphatic rings. The summed E-state index contributed by atoms with van der Waals surface area (Å²) in [5.41, 5.74) is 0.960. The van der Waals surface area contributed by atoms with Gasteiger partial charge in [0.2, 0.25) is 0 Å². The van der Waals surface area contributed by atoms with Crippen molar-refractivity contribution in [1.29, 1.82) is 0 Å². The van der Waals surface area contributed by atoms with Crippen LogP contribution in [0.2, 0.25) is 0 Å². The van der Waals surface area contributed by atoms with Crippen LogP contribution < -0.4 is 0 Å². The molecule has 2 heterocycles. The lowest BCUT2D eigenvalue weighted by Crippen LogP contribution is -1.98. The predicted molar refractivity (Wildman–Crippen MR) is 46.6 cm³/mol. The Kier molecular flexibility index (Phi) is 2.39. The fourth-order valence-corrected chi connectivity index (χ4v) is 1.49. The Balaban J connectivity index is 2.21. The van der Waals surface area contributed by atoms with Gasteiger partial charge in [-0.25, -0.2) is 0 Å². The predicted octanol–water partition coefficient (Wildman–Crippen LogP) is 1.89. The van der Waals surface area contributed by atoms with Crippen LogP contribution >= 0.6 is 15.9 Å². The molecule has 1 fully saturated rings. The molecule has 64 valence electrons. The largest absolute Gasteiger partial charge is 0.346 e. The topological polar surface area (TPSA) is 31.4 Å². The Morgan fingerprint density at radius 3 is 2.75 bits per heavy atom. The van der Waals surface area contributed by atoms with Crippen molar-refractivity contribution < 1.29 is 9.47 Å². The molecular weight excluding hydrogens is 222 g/mol. The average molecular weight is 230 g/mol. The van der Waals surface area contributed by atoms with Crippen LogP contribution in [0.5, 0.6) is 0 Å². The molecule has 0 saturated carbocycles. The van der Waals surface area contributed by atoms with E-state index in [1.807, 2.05) is 6.07 Å². The highest BCUT2D eigenvalue weighted by Gasteiger charge is 2.18. The van der Waals surface area contributed by atoms with Crippen LogP contribution in [0.3, 0.4) is 0 Å². The minimum Gasteiger partial charge on any atom is -0.346 e. The second-order valence-electron chi connectivity index (χ2n) is 2.51. The third-order valence-electron chi connectivity index (χ3n) is 1.62. The van der Waals surface area contributed by atoms with Crippen LogP contribution in [-0.4, -0.2) is 18.2 Å². The van der Waals surface area contributed by atoms with E-state index in [1.165, 1.54) is 0 Å². The molecule has 2 rings (SSSR count). The Morgan fingerprint density at radius 1 is 1.33 bits per heavy atom. The number of nitrogens with zero attached hydrogens (tertiary/aromatic N) is 1. The van der Waals surface area contributed by atoms with Crippen molar-refractivity contribution in [2.75, 3.05) is 13.2 Å². The molecule has 12 heavy (non-hydrogen) atoms. The second kappa shape index (κ2) is 3.51. The van der Waals surface area contributed by atoms with Crippen molar-refractivity contribution in [3.8, 4) is 0 Å². The SMILES string of the molecule is Brc1cncc(C2OCCO2)c1. The van der Waals surface area contributed by atoms with Gasteiger partial charge in [0.05, 0.1) is 13.2 Å². The van der Waals surface area contributed by atoms with Gasteiger partial charge in [0.25, 0.3) is 0 Å². The molecule has 1 aromatic rings. The van der Waals surface area contributed by atoms with Crippen molar-refractivity contribution in [3.05, 3.63) is 28.5 Å². The zero-order valence-electron chi connectivity index (χ0n) is 6.37. The smallest absolute Gasteiger partial charge is 0.185 e. The molecule has 0 atom stereocenters. The van der Waals surface area contributed by atoms with Crippen molar-refractivity contribution in [1.82, 2.24) is 4.98 Å². The summed E-state index contributed by atoms with van der Waals surface area (Å²) < 4.78 is 11.6. The first-order valence-corrected chi connectivity index (χ1v) is 4.49.